The zero-order chi connectivity index (χ0) is 18.3. The van der Waals surface area contributed by atoms with Crippen molar-refractivity contribution in [3.63, 3.8) is 0 Å². The van der Waals surface area contributed by atoms with Crippen LogP contribution in [0.3, 0.4) is 0 Å². The van der Waals surface area contributed by atoms with Crippen LogP contribution in [0.25, 0.3) is 0 Å². The van der Waals surface area contributed by atoms with Crippen LogP contribution in [0.1, 0.15) is 24.8 Å². The van der Waals surface area contributed by atoms with E-state index in [0.29, 0.717) is 18.4 Å². The zero-order valence-corrected chi connectivity index (χ0v) is 14.7. The van der Waals surface area contributed by atoms with Crippen LogP contribution in [0, 0.1) is 29.4 Å². The van der Waals surface area contributed by atoms with Gasteiger partial charge in [-0.1, -0.05) is 18.2 Å². The summed E-state index contributed by atoms with van der Waals surface area (Å²) in [6, 6.07) is 4.16. The van der Waals surface area contributed by atoms with E-state index in [0.717, 1.165) is 37.9 Å². The van der Waals surface area contributed by atoms with Crippen molar-refractivity contribution in [1.29, 1.82) is 0 Å². The molecule has 2 fully saturated rings. The highest BCUT2D eigenvalue weighted by molar-refractivity contribution is 5.81. The summed E-state index contributed by atoms with van der Waals surface area (Å²) in [5.74, 6) is -0.972. The van der Waals surface area contributed by atoms with Gasteiger partial charge in [-0.15, -0.1) is 0 Å². The third-order valence-corrected chi connectivity index (χ3v) is 6.15. The average molecular weight is 361 g/mol. The lowest BCUT2D eigenvalue weighted by Gasteiger charge is -2.34. The molecule has 1 saturated carbocycles. The molecule has 4 atom stereocenters. The second-order valence-electron chi connectivity index (χ2n) is 7.86. The number of likely N-dealkylation sites (tertiary alicyclic amines) is 1. The smallest absolute Gasteiger partial charge is 0.225 e. The summed E-state index contributed by atoms with van der Waals surface area (Å²) in [6.45, 7) is 2.25. The van der Waals surface area contributed by atoms with Gasteiger partial charge in [0.15, 0.2) is 11.6 Å². The molecule has 3 N–H and O–H groups in total. The summed E-state index contributed by atoms with van der Waals surface area (Å²) in [7, 11) is 0. The van der Waals surface area contributed by atoms with Crippen LogP contribution in [0.4, 0.5) is 8.78 Å². The van der Waals surface area contributed by atoms with E-state index >= 15 is 0 Å². The average Bonchev–Trinajstić information content (AvgIpc) is 3.21. The highest BCUT2D eigenvalue weighted by Crippen LogP contribution is 2.42. The molecule has 0 radical (unpaired) electrons. The fourth-order valence-corrected chi connectivity index (χ4v) is 4.66. The van der Waals surface area contributed by atoms with Gasteiger partial charge < -0.3 is 11.1 Å². The van der Waals surface area contributed by atoms with Crippen LogP contribution in [0.2, 0.25) is 0 Å². The Bertz CT molecular complexity index is 715. The van der Waals surface area contributed by atoms with Crippen molar-refractivity contribution < 1.29 is 13.6 Å². The Morgan fingerprint density at radius 3 is 2.54 bits per heavy atom. The number of hydrogen-bond acceptors (Lipinski definition) is 3. The quantitative estimate of drug-likeness (QED) is 0.809. The van der Waals surface area contributed by atoms with Crippen LogP contribution < -0.4 is 11.1 Å². The Labute approximate surface area is 152 Å². The van der Waals surface area contributed by atoms with Gasteiger partial charge in [0, 0.05) is 31.7 Å². The Hall–Kier alpha value is -1.79. The van der Waals surface area contributed by atoms with Gasteiger partial charge >= 0.3 is 0 Å². The number of nitrogens with zero attached hydrogens (tertiary/aromatic N) is 1. The van der Waals surface area contributed by atoms with E-state index < -0.39 is 11.6 Å². The molecule has 0 aromatic heterocycles. The van der Waals surface area contributed by atoms with Gasteiger partial charge in [-0.2, -0.15) is 0 Å². The number of nitrogens with one attached hydrogen (secondary N) is 1. The molecule has 4 unspecified atom stereocenters. The number of halogens is 2. The van der Waals surface area contributed by atoms with Crippen molar-refractivity contribution >= 4 is 5.91 Å². The molecule has 1 amide bonds. The number of piperidine rings is 1. The predicted molar refractivity (Wildman–Crippen MR) is 95.0 cm³/mol. The van der Waals surface area contributed by atoms with E-state index in [2.05, 4.69) is 22.4 Å². The third-order valence-electron chi connectivity index (χ3n) is 6.15. The topological polar surface area (TPSA) is 58.4 Å². The van der Waals surface area contributed by atoms with E-state index in [1.165, 1.54) is 12.1 Å². The highest BCUT2D eigenvalue weighted by atomic mass is 19.2. The van der Waals surface area contributed by atoms with E-state index in [1.807, 2.05) is 0 Å². The monoisotopic (exact) mass is 361 g/mol. The normalized spacial score (nSPS) is 31.5. The fourth-order valence-electron chi connectivity index (χ4n) is 4.66. The number of benzene rings is 1. The summed E-state index contributed by atoms with van der Waals surface area (Å²) in [5.41, 5.74) is 6.99. The molecule has 4 rings (SSSR count). The number of fused-ring (bicyclic) bond motifs is 2. The Kier molecular flexibility index (Phi) is 4.80. The second-order valence-corrected chi connectivity index (χ2v) is 7.86. The number of allylic oxidation sites excluding steroid dienone is 1. The Morgan fingerprint density at radius 2 is 1.88 bits per heavy atom. The Balaban J connectivity index is 1.26. The first-order valence-corrected chi connectivity index (χ1v) is 9.42. The first-order valence-electron chi connectivity index (χ1n) is 9.42. The third kappa shape index (κ3) is 3.40. The van der Waals surface area contributed by atoms with Crippen molar-refractivity contribution in [3.05, 3.63) is 47.5 Å². The van der Waals surface area contributed by atoms with Gasteiger partial charge in [0.25, 0.3) is 0 Å². The first-order chi connectivity index (χ1) is 12.5. The van der Waals surface area contributed by atoms with E-state index in [9.17, 15) is 13.6 Å². The van der Waals surface area contributed by atoms with Gasteiger partial charge in [-0.05, 0) is 48.8 Å². The van der Waals surface area contributed by atoms with Crippen molar-refractivity contribution in [2.45, 2.75) is 37.9 Å². The van der Waals surface area contributed by atoms with Gasteiger partial charge in [-0.25, -0.2) is 8.78 Å². The number of rotatable bonds is 4. The summed E-state index contributed by atoms with van der Waals surface area (Å²) >= 11 is 0. The SMILES string of the molecule is NC1C2C=CC(C2)C1C(=O)NC1CCN(Cc2ccc(F)c(F)c2)CC1. The Morgan fingerprint density at radius 1 is 1.15 bits per heavy atom. The van der Waals surface area contributed by atoms with Crippen LogP contribution in [-0.2, 0) is 11.3 Å². The van der Waals surface area contributed by atoms with Crippen LogP contribution in [0.15, 0.2) is 30.4 Å². The lowest BCUT2D eigenvalue weighted by molar-refractivity contribution is -0.127. The molecule has 1 saturated heterocycles. The zero-order valence-electron chi connectivity index (χ0n) is 14.7. The van der Waals surface area contributed by atoms with Crippen molar-refractivity contribution in [3.8, 4) is 0 Å². The number of nitrogens with two attached hydrogens (primary N) is 1. The van der Waals surface area contributed by atoms with Crippen molar-refractivity contribution in [2.75, 3.05) is 13.1 Å². The number of carbonyl (C=O) groups is 1. The molecular weight excluding hydrogens is 336 g/mol. The minimum atomic E-state index is -0.816. The highest BCUT2D eigenvalue weighted by Gasteiger charge is 2.46. The standard InChI is InChI=1S/C20H25F2N3O/c21-16-4-1-12(9-17(16)22)11-25-7-5-15(6-8-25)24-20(26)18-13-2-3-14(10-13)19(18)23/h1-4,9,13-15,18-19H,5-8,10-11,23H2,(H,24,26). The molecule has 26 heavy (non-hydrogen) atoms. The predicted octanol–water partition coefficient (Wildman–Crippen LogP) is 2.19. The molecule has 6 heteroatoms. The molecule has 1 heterocycles. The fraction of sp³-hybridized carbons (Fsp3) is 0.550. The maximum atomic E-state index is 13.3. The van der Waals surface area contributed by atoms with E-state index in [4.69, 9.17) is 5.73 Å². The second kappa shape index (κ2) is 7.08. The number of amides is 1. The number of hydrogen-bond donors (Lipinski definition) is 2. The molecule has 2 bridgehead atoms. The van der Waals surface area contributed by atoms with Gasteiger partial charge in [0.2, 0.25) is 5.91 Å². The summed E-state index contributed by atoms with van der Waals surface area (Å²) in [5, 5.41) is 3.19. The van der Waals surface area contributed by atoms with Gasteiger partial charge in [0.05, 0.1) is 5.92 Å². The lowest BCUT2D eigenvalue weighted by Crippen LogP contribution is -2.50. The molecule has 140 valence electrons. The maximum Gasteiger partial charge on any atom is 0.225 e. The molecule has 3 aliphatic rings. The molecule has 0 spiro atoms. The van der Waals surface area contributed by atoms with Crippen molar-refractivity contribution in [1.82, 2.24) is 10.2 Å². The van der Waals surface area contributed by atoms with Crippen LogP contribution >= 0.6 is 0 Å². The van der Waals surface area contributed by atoms with E-state index in [-0.39, 0.29) is 23.9 Å². The molecule has 1 aromatic rings. The summed E-state index contributed by atoms with van der Waals surface area (Å²) < 4.78 is 26.3. The summed E-state index contributed by atoms with van der Waals surface area (Å²) in [6.07, 6.45) is 7.02. The lowest BCUT2D eigenvalue weighted by atomic mass is 9.88. The first kappa shape index (κ1) is 17.6. The van der Waals surface area contributed by atoms with E-state index in [1.54, 1.807) is 6.07 Å². The maximum absolute atomic E-state index is 13.3. The summed E-state index contributed by atoms with van der Waals surface area (Å²) in [4.78, 5) is 14.8. The minimum Gasteiger partial charge on any atom is -0.353 e. The molecule has 1 aliphatic heterocycles. The van der Waals surface area contributed by atoms with Crippen LogP contribution in [0.5, 0.6) is 0 Å². The molecule has 4 nitrogen and oxygen atoms in total. The molecule has 2 aliphatic carbocycles. The molecule has 1 aromatic carbocycles. The largest absolute Gasteiger partial charge is 0.353 e. The molecular formula is C20H25F2N3O. The van der Waals surface area contributed by atoms with Gasteiger partial charge in [-0.3, -0.25) is 9.69 Å². The van der Waals surface area contributed by atoms with Crippen molar-refractivity contribution in [2.24, 2.45) is 23.5 Å². The number of carbonyl (C=O) groups excluding carboxylic acids is 1. The minimum absolute atomic E-state index is 0.0570. The van der Waals surface area contributed by atoms with Gasteiger partial charge in [0.1, 0.15) is 0 Å². The van der Waals surface area contributed by atoms with Crippen LogP contribution in [-0.4, -0.2) is 36.0 Å².